The van der Waals surface area contributed by atoms with Crippen molar-refractivity contribution in [3.05, 3.63) is 74.8 Å². The molecule has 0 radical (unpaired) electrons. The second kappa shape index (κ2) is 12.4. The molecule has 0 heterocycles. The number of hydrogen-bond donors (Lipinski definition) is 1. The Balaban J connectivity index is 2.38. The quantitative estimate of drug-likeness (QED) is 0.286. The molecule has 1 N–H and O–H groups in total. The van der Waals surface area contributed by atoms with Crippen LogP contribution >= 0.6 is 35.0 Å². The van der Waals surface area contributed by atoms with Gasteiger partial charge in [-0.05, 0) is 42.8 Å². The first-order valence-corrected chi connectivity index (χ1v) is 12.6. The van der Waals surface area contributed by atoms with Crippen LogP contribution in [0.4, 0.5) is 39.5 Å². The van der Waals surface area contributed by atoms with Crippen LogP contribution in [0.1, 0.15) is 46.8 Å². The average Bonchev–Trinajstić information content (AvgIpc) is 2.76. The molecule has 0 bridgehead atoms. The number of rotatable bonds is 9. The number of alkyl halides is 8. The summed E-state index contributed by atoms with van der Waals surface area (Å²) in [7, 11) is 0. The molecule has 2 aromatic carbocycles. The van der Waals surface area contributed by atoms with Gasteiger partial charge in [-0.25, -0.2) is 13.2 Å². The third kappa shape index (κ3) is 9.30. The van der Waals surface area contributed by atoms with Crippen molar-refractivity contribution < 1.29 is 44.3 Å². The molecule has 0 saturated carbocycles. The van der Waals surface area contributed by atoms with Crippen molar-refractivity contribution in [3.63, 3.8) is 0 Å². The minimum absolute atomic E-state index is 0.0509. The lowest BCUT2D eigenvalue weighted by Crippen LogP contribution is -2.35. The molecular formula is C24H20Cl2F9NOS. The fourth-order valence-electron chi connectivity index (χ4n) is 3.30. The van der Waals surface area contributed by atoms with Crippen molar-refractivity contribution >= 4 is 46.7 Å². The van der Waals surface area contributed by atoms with Gasteiger partial charge < -0.3 is 5.32 Å². The molecule has 0 aromatic heterocycles. The summed E-state index contributed by atoms with van der Waals surface area (Å²) < 4.78 is 122. The number of hydrogen-bond acceptors (Lipinski definition) is 2. The number of carbonyl (C=O) groups excluding carboxylic acids is 1. The number of benzene rings is 2. The highest BCUT2D eigenvalue weighted by molar-refractivity contribution is 7.99. The Labute approximate surface area is 226 Å². The maximum Gasteiger partial charge on any atom is 0.417 e. The van der Waals surface area contributed by atoms with Crippen molar-refractivity contribution in [2.45, 2.75) is 44.1 Å². The third-order valence-corrected chi connectivity index (χ3v) is 7.02. The lowest BCUT2D eigenvalue weighted by atomic mass is 9.91. The molecule has 14 heteroatoms. The summed E-state index contributed by atoms with van der Waals surface area (Å²) in [6.45, 7) is 1.80. The van der Waals surface area contributed by atoms with E-state index in [0.717, 1.165) is 12.1 Å². The largest absolute Gasteiger partial charge is 0.417 e. The first-order valence-electron chi connectivity index (χ1n) is 10.7. The predicted octanol–water partition coefficient (Wildman–Crippen LogP) is 9.18. The SMILES string of the molecule is C[C@H](CSCC(F)(F)F)NC(=O)c1ccc(/C(F)=C/C(c2ccc(Cl)c(Cl)c2)C(C)(F)F)cc1C(F)(F)F. The molecule has 0 aliphatic carbocycles. The summed E-state index contributed by atoms with van der Waals surface area (Å²) in [5, 5.41) is 2.13. The second-order valence-corrected chi connectivity index (χ2v) is 10.2. The molecule has 2 aromatic rings. The number of allylic oxidation sites excluding steroid dienone is 1. The zero-order valence-electron chi connectivity index (χ0n) is 19.6. The van der Waals surface area contributed by atoms with Gasteiger partial charge in [0.2, 0.25) is 0 Å². The van der Waals surface area contributed by atoms with Gasteiger partial charge in [-0.1, -0.05) is 35.3 Å². The van der Waals surface area contributed by atoms with Crippen molar-refractivity contribution in [3.8, 4) is 0 Å². The van der Waals surface area contributed by atoms with E-state index in [1.54, 1.807) is 0 Å². The first kappa shape index (κ1) is 32.2. The number of carbonyl (C=O) groups is 1. The minimum Gasteiger partial charge on any atom is -0.349 e. The molecule has 0 spiro atoms. The zero-order valence-corrected chi connectivity index (χ0v) is 21.9. The van der Waals surface area contributed by atoms with Gasteiger partial charge in [0, 0.05) is 24.3 Å². The van der Waals surface area contributed by atoms with Crippen LogP contribution in [0.5, 0.6) is 0 Å². The summed E-state index contributed by atoms with van der Waals surface area (Å²) in [5.74, 6) is -9.59. The fraction of sp³-hybridized carbons (Fsp3) is 0.375. The topological polar surface area (TPSA) is 29.1 Å². The molecule has 2 rings (SSSR count). The Morgan fingerprint density at radius 3 is 2.16 bits per heavy atom. The highest BCUT2D eigenvalue weighted by Crippen LogP contribution is 2.40. The molecule has 2 nitrogen and oxygen atoms in total. The van der Waals surface area contributed by atoms with E-state index in [0.29, 0.717) is 36.9 Å². The summed E-state index contributed by atoms with van der Waals surface area (Å²) in [4.78, 5) is 12.4. The lowest BCUT2D eigenvalue weighted by Gasteiger charge is -2.22. The molecule has 2 atom stereocenters. The van der Waals surface area contributed by atoms with E-state index in [9.17, 15) is 39.9 Å². The molecule has 0 aliphatic heterocycles. The Morgan fingerprint density at radius 1 is 1.00 bits per heavy atom. The summed E-state index contributed by atoms with van der Waals surface area (Å²) in [6, 6.07) is 4.30. The van der Waals surface area contributed by atoms with E-state index in [1.807, 2.05) is 0 Å². The van der Waals surface area contributed by atoms with Gasteiger partial charge in [0.1, 0.15) is 5.83 Å². The van der Waals surface area contributed by atoms with Crippen molar-refractivity contribution in [1.29, 1.82) is 0 Å². The van der Waals surface area contributed by atoms with E-state index in [2.05, 4.69) is 5.32 Å². The van der Waals surface area contributed by atoms with E-state index in [1.165, 1.54) is 19.1 Å². The van der Waals surface area contributed by atoms with E-state index in [-0.39, 0.29) is 21.4 Å². The summed E-state index contributed by atoms with van der Waals surface area (Å²) >= 11 is 12.1. The number of nitrogens with one attached hydrogen (secondary N) is 1. The molecule has 1 amide bonds. The van der Waals surface area contributed by atoms with E-state index >= 15 is 4.39 Å². The van der Waals surface area contributed by atoms with Crippen LogP contribution in [-0.2, 0) is 6.18 Å². The van der Waals surface area contributed by atoms with Gasteiger partial charge in [0.15, 0.2) is 0 Å². The normalized spacial score (nSPS) is 14.8. The predicted molar refractivity (Wildman–Crippen MR) is 131 cm³/mol. The zero-order chi connectivity index (χ0) is 29.1. The molecule has 1 unspecified atom stereocenters. The monoisotopic (exact) mass is 611 g/mol. The standard InChI is InChI=1S/C24H20Cl2F9NOS/c1-12(10-38-11-23(30,31)32)36-21(37)15-5-3-14(7-17(15)24(33,34)35)20(27)9-16(22(2,28)29)13-4-6-18(25)19(26)8-13/h3-9,12,16H,10-11H2,1-2H3,(H,36,37)/b20-9-/t12-,16?/m1/s1. The Hall–Kier alpha value is -2.05. The average molecular weight is 612 g/mol. The van der Waals surface area contributed by atoms with Crippen LogP contribution in [0.2, 0.25) is 10.0 Å². The third-order valence-electron chi connectivity index (χ3n) is 5.02. The van der Waals surface area contributed by atoms with E-state index < -0.39 is 64.4 Å². The highest BCUT2D eigenvalue weighted by Gasteiger charge is 2.37. The molecule has 38 heavy (non-hydrogen) atoms. The van der Waals surface area contributed by atoms with Crippen LogP contribution in [0.25, 0.3) is 5.83 Å². The molecule has 0 aliphatic rings. The molecular weight excluding hydrogens is 592 g/mol. The number of thioether (sulfide) groups is 1. The maximum atomic E-state index is 15.0. The van der Waals surface area contributed by atoms with Crippen LogP contribution in [0, 0.1) is 0 Å². The summed E-state index contributed by atoms with van der Waals surface area (Å²) in [6.07, 6.45) is -9.16. The fourth-order valence-corrected chi connectivity index (χ4v) is 4.40. The number of halogens is 11. The van der Waals surface area contributed by atoms with Crippen LogP contribution in [0.3, 0.4) is 0 Å². The van der Waals surface area contributed by atoms with Gasteiger partial charge in [-0.2, -0.15) is 38.1 Å². The van der Waals surface area contributed by atoms with Crippen LogP contribution < -0.4 is 5.32 Å². The van der Waals surface area contributed by atoms with Gasteiger partial charge in [0.25, 0.3) is 11.8 Å². The van der Waals surface area contributed by atoms with Crippen LogP contribution in [0.15, 0.2) is 42.5 Å². The molecule has 0 fully saturated rings. The molecule has 210 valence electrons. The minimum atomic E-state index is -5.14. The van der Waals surface area contributed by atoms with Gasteiger partial charge in [-0.3, -0.25) is 4.79 Å². The second-order valence-electron chi connectivity index (χ2n) is 8.39. The van der Waals surface area contributed by atoms with E-state index in [4.69, 9.17) is 23.2 Å². The Kier molecular flexibility index (Phi) is 10.5. The Bertz CT molecular complexity index is 1180. The Morgan fingerprint density at radius 2 is 1.63 bits per heavy atom. The number of amides is 1. The van der Waals surface area contributed by atoms with Gasteiger partial charge >= 0.3 is 12.4 Å². The maximum absolute atomic E-state index is 15.0. The highest BCUT2D eigenvalue weighted by atomic mass is 35.5. The lowest BCUT2D eigenvalue weighted by molar-refractivity contribution is -0.138. The van der Waals surface area contributed by atoms with Crippen molar-refractivity contribution in [2.24, 2.45) is 0 Å². The summed E-state index contributed by atoms with van der Waals surface area (Å²) in [5.41, 5.74) is -3.34. The first-order chi connectivity index (χ1) is 17.3. The van der Waals surface area contributed by atoms with Crippen molar-refractivity contribution in [2.75, 3.05) is 11.5 Å². The van der Waals surface area contributed by atoms with Gasteiger partial charge in [0.05, 0.1) is 32.8 Å². The van der Waals surface area contributed by atoms with Gasteiger partial charge in [-0.15, -0.1) is 0 Å². The van der Waals surface area contributed by atoms with Crippen LogP contribution in [-0.4, -0.2) is 35.6 Å². The smallest absolute Gasteiger partial charge is 0.349 e. The van der Waals surface area contributed by atoms with Crippen molar-refractivity contribution in [1.82, 2.24) is 5.32 Å². The molecule has 0 saturated heterocycles.